The topological polar surface area (TPSA) is 52.8 Å². The average Bonchev–Trinajstić information content (AvgIpc) is 2.71. The Bertz CT molecular complexity index is 385. The number of nitrogens with zero attached hydrogens (tertiary/aromatic N) is 4. The van der Waals surface area contributed by atoms with Crippen molar-refractivity contribution in [2.45, 2.75) is 0 Å². The van der Waals surface area contributed by atoms with Crippen LogP contribution in [0.15, 0.2) is 30.7 Å². The highest BCUT2D eigenvalue weighted by Crippen LogP contribution is 2.11. The van der Waals surface area contributed by atoms with Crippen molar-refractivity contribution >= 4 is 0 Å². The first kappa shape index (κ1) is 7.72. The zero-order valence-electron chi connectivity index (χ0n) is 7.08. The van der Waals surface area contributed by atoms with Crippen LogP contribution < -0.4 is 4.74 Å². The summed E-state index contributed by atoms with van der Waals surface area (Å²) in [5.74, 6) is 1.38. The molecule has 0 saturated heterocycles. The van der Waals surface area contributed by atoms with Gasteiger partial charge in [-0.25, -0.2) is 4.98 Å². The number of ether oxygens (including phenoxy) is 1. The molecule has 0 radical (unpaired) electrons. The van der Waals surface area contributed by atoms with Crippen LogP contribution in [-0.2, 0) is 0 Å². The lowest BCUT2D eigenvalue weighted by Crippen LogP contribution is -2.01. The molecule has 13 heavy (non-hydrogen) atoms. The quantitative estimate of drug-likeness (QED) is 0.674. The van der Waals surface area contributed by atoms with Gasteiger partial charge in [-0.1, -0.05) is 0 Å². The largest absolute Gasteiger partial charge is 0.497 e. The molecule has 0 fully saturated rings. The smallest absolute Gasteiger partial charge is 0.177 e. The summed E-state index contributed by atoms with van der Waals surface area (Å²) in [5, 5.41) is 7.90. The second kappa shape index (κ2) is 3.22. The molecule has 0 aliphatic carbocycles. The first-order valence-electron chi connectivity index (χ1n) is 3.77. The summed E-state index contributed by atoms with van der Waals surface area (Å²) in [6, 6.07) is 3.53. The number of methoxy groups -OCH3 is 1. The fourth-order valence-electron chi connectivity index (χ4n) is 0.970. The summed E-state index contributed by atoms with van der Waals surface area (Å²) in [5.41, 5.74) is 0. The Hall–Kier alpha value is -1.91. The second-order valence-electron chi connectivity index (χ2n) is 2.37. The van der Waals surface area contributed by atoms with Crippen LogP contribution in [0.1, 0.15) is 0 Å². The molecule has 0 saturated carbocycles. The van der Waals surface area contributed by atoms with Crippen molar-refractivity contribution in [1.29, 1.82) is 0 Å². The van der Waals surface area contributed by atoms with Crippen LogP contribution in [0, 0.1) is 0 Å². The molecule has 0 aliphatic heterocycles. The molecule has 0 aliphatic rings. The SMILES string of the molecule is COc1ccnc(-n2nccn2)c1. The molecule has 5 heteroatoms. The molecule has 5 nitrogen and oxygen atoms in total. The molecule has 2 rings (SSSR count). The minimum absolute atomic E-state index is 0.643. The first-order chi connectivity index (χ1) is 6.40. The third kappa shape index (κ3) is 1.48. The lowest BCUT2D eigenvalue weighted by atomic mass is 10.4. The van der Waals surface area contributed by atoms with Gasteiger partial charge in [0, 0.05) is 12.3 Å². The van der Waals surface area contributed by atoms with Crippen molar-refractivity contribution in [2.75, 3.05) is 7.11 Å². The Kier molecular flexibility index (Phi) is 1.91. The lowest BCUT2D eigenvalue weighted by Gasteiger charge is -2.01. The summed E-state index contributed by atoms with van der Waals surface area (Å²) in [6.07, 6.45) is 4.85. The van der Waals surface area contributed by atoms with E-state index >= 15 is 0 Å². The van der Waals surface area contributed by atoms with Crippen molar-refractivity contribution in [3.63, 3.8) is 0 Å². The van der Waals surface area contributed by atoms with E-state index in [1.165, 1.54) is 4.80 Å². The highest BCUT2D eigenvalue weighted by atomic mass is 16.5. The van der Waals surface area contributed by atoms with Crippen molar-refractivity contribution in [1.82, 2.24) is 20.0 Å². The number of hydrogen-bond donors (Lipinski definition) is 0. The molecule has 0 aromatic carbocycles. The van der Waals surface area contributed by atoms with E-state index in [1.54, 1.807) is 37.8 Å². The Morgan fingerprint density at radius 1 is 1.23 bits per heavy atom. The Labute approximate surface area is 75.0 Å². The van der Waals surface area contributed by atoms with Gasteiger partial charge in [-0.3, -0.25) is 0 Å². The van der Waals surface area contributed by atoms with Gasteiger partial charge in [-0.2, -0.15) is 10.2 Å². The summed E-state index contributed by atoms with van der Waals surface area (Å²) in [6.45, 7) is 0. The van der Waals surface area contributed by atoms with Crippen molar-refractivity contribution in [2.24, 2.45) is 0 Å². The molecule has 0 spiro atoms. The molecule has 0 N–H and O–H groups in total. The summed E-state index contributed by atoms with van der Waals surface area (Å²) >= 11 is 0. The lowest BCUT2D eigenvalue weighted by molar-refractivity contribution is 0.413. The van der Waals surface area contributed by atoms with E-state index in [0.29, 0.717) is 5.82 Å². The highest BCUT2D eigenvalue weighted by molar-refractivity contribution is 5.29. The number of aromatic nitrogens is 4. The molecule has 66 valence electrons. The maximum atomic E-state index is 5.04. The molecule has 2 aromatic heterocycles. The van der Waals surface area contributed by atoms with Crippen LogP contribution in [0.5, 0.6) is 5.75 Å². The van der Waals surface area contributed by atoms with Gasteiger partial charge in [-0.05, 0) is 6.07 Å². The van der Waals surface area contributed by atoms with Gasteiger partial charge >= 0.3 is 0 Å². The first-order valence-corrected chi connectivity index (χ1v) is 3.77. The minimum atomic E-state index is 0.643. The van der Waals surface area contributed by atoms with Gasteiger partial charge in [0.1, 0.15) is 5.75 Å². The molecule has 0 atom stereocenters. The predicted molar refractivity (Wildman–Crippen MR) is 45.7 cm³/mol. The van der Waals surface area contributed by atoms with Gasteiger partial charge in [0.2, 0.25) is 0 Å². The molecule has 0 unspecified atom stereocenters. The highest BCUT2D eigenvalue weighted by Gasteiger charge is 1.99. The number of hydrogen-bond acceptors (Lipinski definition) is 4. The fourth-order valence-corrected chi connectivity index (χ4v) is 0.970. The van der Waals surface area contributed by atoms with Crippen molar-refractivity contribution in [3.05, 3.63) is 30.7 Å². The Balaban J connectivity index is 2.41. The van der Waals surface area contributed by atoms with Crippen molar-refractivity contribution in [3.8, 4) is 11.6 Å². The van der Waals surface area contributed by atoms with Crippen LogP contribution in [0.25, 0.3) is 5.82 Å². The number of rotatable bonds is 2. The third-order valence-corrected chi connectivity index (χ3v) is 1.58. The van der Waals surface area contributed by atoms with E-state index in [9.17, 15) is 0 Å². The second-order valence-corrected chi connectivity index (χ2v) is 2.37. The van der Waals surface area contributed by atoms with Crippen molar-refractivity contribution < 1.29 is 4.74 Å². The predicted octanol–water partition coefficient (Wildman–Crippen LogP) is 0.671. The van der Waals surface area contributed by atoms with Crippen LogP contribution >= 0.6 is 0 Å². The Morgan fingerprint density at radius 2 is 2.00 bits per heavy atom. The summed E-state index contributed by atoms with van der Waals surface area (Å²) in [7, 11) is 1.61. The van der Waals surface area contributed by atoms with Gasteiger partial charge in [0.05, 0.1) is 19.5 Å². The van der Waals surface area contributed by atoms with E-state index in [2.05, 4.69) is 15.2 Å². The van der Waals surface area contributed by atoms with E-state index in [-0.39, 0.29) is 0 Å². The minimum Gasteiger partial charge on any atom is -0.497 e. The Morgan fingerprint density at radius 3 is 2.69 bits per heavy atom. The molecular formula is C8H8N4O. The van der Waals surface area contributed by atoms with Crippen LogP contribution in [-0.4, -0.2) is 27.1 Å². The molecule has 2 aromatic rings. The van der Waals surface area contributed by atoms with Gasteiger partial charge < -0.3 is 4.74 Å². The zero-order valence-corrected chi connectivity index (χ0v) is 7.08. The standard InChI is InChI=1S/C8H8N4O/c1-13-7-2-3-9-8(6-7)12-10-4-5-11-12/h2-6H,1H3. The average molecular weight is 176 g/mol. The monoisotopic (exact) mass is 176 g/mol. The van der Waals surface area contributed by atoms with Crippen LogP contribution in [0.4, 0.5) is 0 Å². The van der Waals surface area contributed by atoms with Crippen LogP contribution in [0.3, 0.4) is 0 Å². The molecule has 0 bridgehead atoms. The van der Waals surface area contributed by atoms with E-state index in [1.807, 2.05) is 0 Å². The van der Waals surface area contributed by atoms with E-state index in [4.69, 9.17) is 4.74 Å². The normalized spacial score (nSPS) is 9.92. The summed E-state index contributed by atoms with van der Waals surface area (Å²) < 4.78 is 5.04. The van der Waals surface area contributed by atoms with E-state index < -0.39 is 0 Å². The number of pyridine rings is 1. The van der Waals surface area contributed by atoms with Gasteiger partial charge in [-0.15, -0.1) is 4.80 Å². The van der Waals surface area contributed by atoms with Gasteiger partial charge in [0.25, 0.3) is 0 Å². The maximum Gasteiger partial charge on any atom is 0.177 e. The maximum absolute atomic E-state index is 5.04. The molecule has 0 amide bonds. The van der Waals surface area contributed by atoms with E-state index in [0.717, 1.165) is 5.75 Å². The zero-order chi connectivity index (χ0) is 9.10. The summed E-state index contributed by atoms with van der Waals surface area (Å²) in [4.78, 5) is 5.52. The molecule has 2 heterocycles. The van der Waals surface area contributed by atoms with Crippen LogP contribution in [0.2, 0.25) is 0 Å². The fraction of sp³-hybridized carbons (Fsp3) is 0.125. The van der Waals surface area contributed by atoms with Gasteiger partial charge in [0.15, 0.2) is 5.82 Å². The third-order valence-electron chi connectivity index (χ3n) is 1.58. The molecular weight excluding hydrogens is 168 g/mol.